The van der Waals surface area contributed by atoms with Crippen LogP contribution >= 0.6 is 8.69 Å². The Labute approximate surface area is 66.4 Å². The van der Waals surface area contributed by atoms with Gasteiger partial charge in [0.05, 0.1) is 0 Å². The third kappa shape index (κ3) is 9.42. The predicted octanol–water partition coefficient (Wildman–Crippen LogP) is 0.185. The third-order valence-corrected chi connectivity index (χ3v) is 0. The van der Waals surface area contributed by atoms with Crippen LogP contribution < -0.4 is 0 Å². The molecule has 0 aliphatic rings. The van der Waals surface area contributed by atoms with Crippen LogP contribution in [0.5, 0.6) is 0 Å². The molecule has 0 aromatic heterocycles. The first kappa shape index (κ1) is 9.17. The topological polar surface area (TPSA) is 37.3 Å². The van der Waals surface area contributed by atoms with Gasteiger partial charge in [-0.25, -0.2) is 4.57 Å². The van der Waals surface area contributed by atoms with Gasteiger partial charge in [-0.3, -0.25) is 0 Å². The summed E-state index contributed by atoms with van der Waals surface area (Å²) >= 11 is 0. The fourth-order valence-corrected chi connectivity index (χ4v) is 0. The summed E-state index contributed by atoms with van der Waals surface area (Å²) in [4.78, 5) is 6.99. The summed E-state index contributed by atoms with van der Waals surface area (Å²) in [6, 6.07) is 0. The fraction of sp³-hybridized carbons (Fsp3) is 0. The minimum atomic E-state index is -0.833. The zero-order valence-electron chi connectivity index (χ0n) is 1.68. The first-order chi connectivity index (χ1) is 1.41. The second-order valence-electron chi connectivity index (χ2n) is 0.0816. The Morgan fingerprint density at radius 1 is 1.75 bits per heavy atom. The Bertz CT molecular complexity index is 13.5. The summed E-state index contributed by atoms with van der Waals surface area (Å²) in [5, 5.41) is 0. The van der Waals surface area contributed by atoms with Crippen molar-refractivity contribution in [3.05, 3.63) is 0 Å². The first-order valence-corrected chi connectivity index (χ1v) is 1.15. The van der Waals surface area contributed by atoms with E-state index in [4.69, 9.17) is 9.46 Å². The Morgan fingerprint density at radius 2 is 1.75 bits per heavy atom. The molecule has 0 heterocycles. The Morgan fingerprint density at radius 3 is 1.75 bits per heavy atom. The molecule has 0 aromatic carbocycles. The van der Waals surface area contributed by atoms with E-state index in [0.717, 1.165) is 0 Å². The largest absolute Gasteiger partial charge is 0.324 e. The molecule has 0 aliphatic heterocycles. The van der Waals surface area contributed by atoms with Crippen molar-refractivity contribution in [3.8, 4) is 0 Å². The summed E-state index contributed by atoms with van der Waals surface area (Å²) in [5.41, 5.74) is 0. The second-order valence-corrected chi connectivity index (χ2v) is 0.245. The van der Waals surface area contributed by atoms with E-state index in [-0.39, 0.29) is 49.4 Å². The fourth-order valence-electron chi connectivity index (χ4n) is 0. The van der Waals surface area contributed by atoms with E-state index in [1.807, 2.05) is 0 Å². The molecule has 1 radical (unpaired) electrons. The molecule has 0 atom stereocenters. The summed E-state index contributed by atoms with van der Waals surface area (Å²) in [6.45, 7) is 0. The van der Waals surface area contributed by atoms with E-state index in [1.54, 1.807) is 0 Å². The van der Waals surface area contributed by atoms with Crippen LogP contribution in [0.15, 0.2) is 0 Å². The van der Waals surface area contributed by atoms with Crippen molar-refractivity contribution in [2.75, 3.05) is 0 Å². The number of hydrogen-bond acceptors (Lipinski definition) is 1. The summed E-state index contributed by atoms with van der Waals surface area (Å²) in [7, 11) is -0.833. The van der Waals surface area contributed by atoms with Gasteiger partial charge in [0.25, 0.3) is 0 Å². The van der Waals surface area contributed by atoms with Gasteiger partial charge in [0, 0.05) is 49.4 Å². The monoisotopic (exact) mass is 217 g/mol. The maximum atomic E-state index is 8.46. The average molecular weight is 216 g/mol. The van der Waals surface area contributed by atoms with Crippen molar-refractivity contribution in [1.29, 1.82) is 0 Å². The minimum Gasteiger partial charge on any atom is -0.310 e. The second kappa shape index (κ2) is 8.82. The molecule has 1 N–H and O–H groups in total. The Kier molecular flexibility index (Phi) is 20.2. The SMILES string of the molecule is O=PO.[Eu]. The summed E-state index contributed by atoms with van der Waals surface area (Å²) < 4.78 is 8.46. The van der Waals surface area contributed by atoms with Gasteiger partial charge in [-0.1, -0.05) is 0 Å². The van der Waals surface area contributed by atoms with Crippen LogP contribution in [0.25, 0.3) is 0 Å². The first-order valence-electron chi connectivity index (χ1n) is 0.383. The molecule has 0 rings (SSSR count). The van der Waals surface area contributed by atoms with Gasteiger partial charge in [-0.05, 0) is 0 Å². The molecule has 2 nitrogen and oxygen atoms in total. The van der Waals surface area contributed by atoms with E-state index in [2.05, 4.69) is 0 Å². The smallest absolute Gasteiger partial charge is 0.310 e. The molecule has 0 unspecified atom stereocenters. The van der Waals surface area contributed by atoms with Crippen LogP contribution in [-0.4, -0.2) is 4.89 Å². The van der Waals surface area contributed by atoms with Crippen LogP contribution in [0.3, 0.4) is 0 Å². The molecule has 0 saturated heterocycles. The van der Waals surface area contributed by atoms with Crippen LogP contribution in [0.4, 0.5) is 0 Å². The van der Waals surface area contributed by atoms with Gasteiger partial charge in [0.2, 0.25) is 0 Å². The number of rotatable bonds is 0. The van der Waals surface area contributed by atoms with Crippen molar-refractivity contribution in [1.82, 2.24) is 0 Å². The van der Waals surface area contributed by atoms with Crippen molar-refractivity contribution < 1.29 is 58.8 Å². The predicted molar refractivity (Wildman–Crippen MR) is 9.83 cm³/mol. The molecular formula is HEuO2P. The maximum Gasteiger partial charge on any atom is 0.324 e. The van der Waals surface area contributed by atoms with E-state index in [1.165, 1.54) is 0 Å². The minimum absolute atomic E-state index is 0. The third-order valence-electron chi connectivity index (χ3n) is 0. The molecule has 0 aromatic rings. The zero-order chi connectivity index (χ0) is 2.71. The summed E-state index contributed by atoms with van der Waals surface area (Å²) in [5.74, 6) is 0. The normalized spacial score (nSPS) is 5.25. The molecule has 4 heavy (non-hydrogen) atoms. The molecule has 25 valence electrons. The van der Waals surface area contributed by atoms with E-state index < -0.39 is 8.69 Å². The molecular weight excluding hydrogens is 215 g/mol. The van der Waals surface area contributed by atoms with Crippen LogP contribution in [0, 0.1) is 49.4 Å². The van der Waals surface area contributed by atoms with Crippen LogP contribution in [0.1, 0.15) is 0 Å². The molecule has 0 saturated carbocycles. The Balaban J connectivity index is 0. The zero-order valence-corrected chi connectivity index (χ0v) is 5.00. The molecule has 0 bridgehead atoms. The van der Waals surface area contributed by atoms with Gasteiger partial charge in [0.1, 0.15) is 0 Å². The average Bonchev–Trinajstić information content (AvgIpc) is 0.918. The van der Waals surface area contributed by atoms with E-state index >= 15 is 0 Å². The molecule has 0 aliphatic carbocycles. The van der Waals surface area contributed by atoms with E-state index in [0.29, 0.717) is 0 Å². The molecule has 4 heteroatoms. The molecule has 0 amide bonds. The van der Waals surface area contributed by atoms with Crippen LogP contribution in [-0.2, 0) is 4.57 Å². The van der Waals surface area contributed by atoms with Gasteiger partial charge in [0.15, 0.2) is 0 Å². The van der Waals surface area contributed by atoms with Gasteiger partial charge >= 0.3 is 8.69 Å². The van der Waals surface area contributed by atoms with Gasteiger partial charge in [-0.15, -0.1) is 0 Å². The standard InChI is InChI=1S/Eu.HO2P/c;1-3-2/h;(H,1,2). The quantitative estimate of drug-likeness (QED) is 0.586. The van der Waals surface area contributed by atoms with Crippen LogP contribution in [0.2, 0.25) is 0 Å². The Hall–Kier alpha value is 1.64. The van der Waals surface area contributed by atoms with Gasteiger partial charge in [-0.2, -0.15) is 0 Å². The molecule has 0 fully saturated rings. The molecule has 0 spiro atoms. The van der Waals surface area contributed by atoms with Crippen molar-refractivity contribution >= 4 is 8.69 Å². The van der Waals surface area contributed by atoms with Crippen molar-refractivity contribution in [2.24, 2.45) is 0 Å². The summed E-state index contributed by atoms with van der Waals surface area (Å²) in [6.07, 6.45) is 0. The van der Waals surface area contributed by atoms with E-state index in [9.17, 15) is 0 Å². The maximum absolute atomic E-state index is 8.46. The van der Waals surface area contributed by atoms with Gasteiger partial charge < -0.3 is 4.89 Å². The number of hydrogen-bond donors (Lipinski definition) is 1. The van der Waals surface area contributed by atoms with Crippen molar-refractivity contribution in [3.63, 3.8) is 0 Å². The van der Waals surface area contributed by atoms with Crippen molar-refractivity contribution in [2.45, 2.75) is 0 Å².